The van der Waals surface area contributed by atoms with E-state index in [1.807, 2.05) is 42.1 Å². The van der Waals surface area contributed by atoms with Crippen molar-refractivity contribution in [1.29, 1.82) is 0 Å². The van der Waals surface area contributed by atoms with Crippen molar-refractivity contribution in [3.05, 3.63) is 59.7 Å². The quantitative estimate of drug-likeness (QED) is 0.503. The van der Waals surface area contributed by atoms with Gasteiger partial charge in [0.25, 0.3) is 0 Å². The predicted molar refractivity (Wildman–Crippen MR) is 146 cm³/mol. The second-order valence-corrected chi connectivity index (χ2v) is 10.3. The van der Waals surface area contributed by atoms with Crippen LogP contribution >= 0.6 is 0 Å². The van der Waals surface area contributed by atoms with Crippen LogP contribution in [-0.4, -0.2) is 49.8 Å². The monoisotopic (exact) mass is 504 g/mol. The van der Waals surface area contributed by atoms with E-state index in [0.717, 1.165) is 50.2 Å². The van der Waals surface area contributed by atoms with Gasteiger partial charge in [0, 0.05) is 56.2 Å². The van der Waals surface area contributed by atoms with Crippen LogP contribution < -0.4 is 5.32 Å². The van der Waals surface area contributed by atoms with Crippen molar-refractivity contribution in [2.75, 3.05) is 18.5 Å². The number of hydrogen-bond acceptors (Lipinski definition) is 6. The molecule has 0 radical (unpaired) electrons. The van der Waals surface area contributed by atoms with Crippen molar-refractivity contribution >= 4 is 11.9 Å². The third-order valence-corrected chi connectivity index (χ3v) is 7.20. The standard InChI is InChI=1S/C17H26N4O2.C12H14N2/c1-4-5-15(22)21-11-14-13(17(21,2)3)10-18-16(20-14)19-12-6-8-23-9-7-12;1-3-10-5-4-6-11(7-10)12-8-13-14(2)9-12/h10,12H,4-9,11H2,1-3H3,(H,18,19,20);4-9H,3H2,1-2H3. The molecule has 0 aliphatic carbocycles. The van der Waals surface area contributed by atoms with E-state index in [4.69, 9.17) is 4.74 Å². The number of ether oxygens (including phenoxy) is 1. The number of rotatable bonds is 6. The number of nitrogens with one attached hydrogen (secondary N) is 1. The lowest BCUT2D eigenvalue weighted by molar-refractivity contribution is -0.136. The number of benzene rings is 1. The summed E-state index contributed by atoms with van der Waals surface area (Å²) in [5, 5.41) is 7.57. The second kappa shape index (κ2) is 11.9. The van der Waals surface area contributed by atoms with E-state index < -0.39 is 0 Å². The molecule has 5 rings (SSSR count). The fraction of sp³-hybridized carbons (Fsp3) is 0.517. The molecule has 0 unspecified atom stereocenters. The summed E-state index contributed by atoms with van der Waals surface area (Å²) in [6, 6.07) is 8.96. The van der Waals surface area contributed by atoms with Gasteiger partial charge in [-0.1, -0.05) is 38.1 Å². The average Bonchev–Trinajstić information content (AvgIpc) is 3.45. The Balaban J connectivity index is 0.000000195. The predicted octanol–water partition coefficient (Wildman–Crippen LogP) is 5.09. The summed E-state index contributed by atoms with van der Waals surface area (Å²) in [7, 11) is 1.94. The summed E-state index contributed by atoms with van der Waals surface area (Å²) in [6.45, 7) is 10.5. The van der Waals surface area contributed by atoms with Gasteiger partial charge in [-0.25, -0.2) is 9.97 Å². The van der Waals surface area contributed by atoms with Crippen molar-refractivity contribution < 1.29 is 9.53 Å². The highest BCUT2D eigenvalue weighted by Crippen LogP contribution is 2.38. The minimum Gasteiger partial charge on any atom is -0.381 e. The van der Waals surface area contributed by atoms with Crippen LogP contribution in [0.2, 0.25) is 0 Å². The normalized spacial score (nSPS) is 16.6. The minimum atomic E-state index is -0.335. The maximum absolute atomic E-state index is 12.4. The summed E-state index contributed by atoms with van der Waals surface area (Å²) < 4.78 is 7.20. The summed E-state index contributed by atoms with van der Waals surface area (Å²) in [5.41, 5.74) is 5.48. The van der Waals surface area contributed by atoms with E-state index in [9.17, 15) is 4.79 Å². The van der Waals surface area contributed by atoms with Crippen molar-refractivity contribution in [1.82, 2.24) is 24.6 Å². The summed E-state index contributed by atoms with van der Waals surface area (Å²) in [6.07, 6.45) is 10.3. The molecular formula is C29H40N6O2. The van der Waals surface area contributed by atoms with E-state index in [-0.39, 0.29) is 11.4 Å². The first-order valence-electron chi connectivity index (χ1n) is 13.4. The number of carbonyl (C=O) groups excluding carboxylic acids is 1. The molecular weight excluding hydrogens is 464 g/mol. The second-order valence-electron chi connectivity index (χ2n) is 10.3. The molecule has 2 aliphatic heterocycles. The van der Waals surface area contributed by atoms with E-state index in [1.54, 1.807) is 0 Å². The lowest BCUT2D eigenvalue weighted by atomic mass is 9.97. The van der Waals surface area contributed by atoms with Gasteiger partial charge in [0.1, 0.15) is 0 Å². The van der Waals surface area contributed by atoms with Gasteiger partial charge < -0.3 is 15.0 Å². The molecule has 8 heteroatoms. The average molecular weight is 505 g/mol. The molecule has 0 atom stereocenters. The Morgan fingerprint density at radius 1 is 1.16 bits per heavy atom. The van der Waals surface area contributed by atoms with Crippen LogP contribution in [0.5, 0.6) is 0 Å². The molecule has 198 valence electrons. The zero-order valence-corrected chi connectivity index (χ0v) is 22.8. The first-order chi connectivity index (χ1) is 17.8. The molecule has 2 aromatic heterocycles. The fourth-order valence-electron chi connectivity index (χ4n) is 4.93. The topological polar surface area (TPSA) is 85.2 Å². The van der Waals surface area contributed by atoms with Crippen molar-refractivity contribution in [3.63, 3.8) is 0 Å². The summed E-state index contributed by atoms with van der Waals surface area (Å²) in [5.74, 6) is 0.852. The van der Waals surface area contributed by atoms with Crippen LogP contribution in [0.4, 0.5) is 5.95 Å². The smallest absolute Gasteiger partial charge is 0.223 e. The molecule has 4 heterocycles. The zero-order chi connectivity index (χ0) is 26.4. The Bertz CT molecular complexity index is 1200. The summed E-state index contributed by atoms with van der Waals surface area (Å²) >= 11 is 0. The van der Waals surface area contributed by atoms with Gasteiger partial charge >= 0.3 is 0 Å². The lowest BCUT2D eigenvalue weighted by Crippen LogP contribution is -2.40. The first kappa shape index (κ1) is 26.8. The Hall–Kier alpha value is -3.26. The van der Waals surface area contributed by atoms with Gasteiger partial charge in [-0.3, -0.25) is 9.48 Å². The molecule has 1 N–H and O–H groups in total. The van der Waals surface area contributed by atoms with Crippen molar-refractivity contribution in [2.24, 2.45) is 7.05 Å². The number of carbonyl (C=O) groups is 1. The Labute approximate surface area is 220 Å². The number of anilines is 1. The highest BCUT2D eigenvalue weighted by atomic mass is 16.5. The van der Waals surface area contributed by atoms with Crippen LogP contribution in [0.25, 0.3) is 11.1 Å². The van der Waals surface area contributed by atoms with Gasteiger partial charge in [0.15, 0.2) is 0 Å². The minimum absolute atomic E-state index is 0.189. The Morgan fingerprint density at radius 3 is 2.62 bits per heavy atom. The molecule has 2 aliphatic rings. The molecule has 8 nitrogen and oxygen atoms in total. The van der Waals surface area contributed by atoms with Gasteiger partial charge in [0.05, 0.1) is 24.0 Å². The van der Waals surface area contributed by atoms with Crippen molar-refractivity contribution in [3.8, 4) is 11.1 Å². The van der Waals surface area contributed by atoms with Gasteiger partial charge in [-0.2, -0.15) is 5.10 Å². The van der Waals surface area contributed by atoms with Gasteiger partial charge in [-0.05, 0) is 50.7 Å². The SMILES string of the molecule is CCCC(=O)N1Cc2nc(NC3CCOCC3)ncc2C1(C)C.CCc1cccc(-c2cnn(C)c2)c1. The molecule has 0 spiro atoms. The number of hydrogen-bond donors (Lipinski definition) is 1. The first-order valence-corrected chi connectivity index (χ1v) is 13.4. The maximum Gasteiger partial charge on any atom is 0.223 e. The van der Waals surface area contributed by atoms with E-state index >= 15 is 0 Å². The Morgan fingerprint density at radius 2 is 1.95 bits per heavy atom. The largest absolute Gasteiger partial charge is 0.381 e. The molecule has 1 aromatic carbocycles. The van der Waals surface area contributed by atoms with E-state index in [0.29, 0.717) is 25.0 Å². The number of aryl methyl sites for hydroxylation is 2. The molecule has 1 saturated heterocycles. The zero-order valence-electron chi connectivity index (χ0n) is 22.8. The number of fused-ring (bicyclic) bond motifs is 1. The lowest BCUT2D eigenvalue weighted by Gasteiger charge is -2.32. The van der Waals surface area contributed by atoms with E-state index in [1.165, 1.54) is 16.7 Å². The number of aromatic nitrogens is 4. The van der Waals surface area contributed by atoms with Gasteiger partial charge in [0.2, 0.25) is 11.9 Å². The molecule has 37 heavy (non-hydrogen) atoms. The number of nitrogens with zero attached hydrogens (tertiary/aromatic N) is 5. The third-order valence-electron chi connectivity index (χ3n) is 7.20. The molecule has 0 bridgehead atoms. The maximum atomic E-state index is 12.4. The highest BCUT2D eigenvalue weighted by Gasteiger charge is 2.41. The molecule has 0 saturated carbocycles. The van der Waals surface area contributed by atoms with Crippen LogP contribution in [0.1, 0.15) is 70.2 Å². The Kier molecular flexibility index (Phi) is 8.59. The highest BCUT2D eigenvalue weighted by molar-refractivity contribution is 5.78. The number of amides is 1. The van der Waals surface area contributed by atoms with E-state index in [2.05, 4.69) is 65.4 Å². The van der Waals surface area contributed by atoms with Crippen LogP contribution in [0.3, 0.4) is 0 Å². The van der Waals surface area contributed by atoms with Crippen LogP contribution in [0, 0.1) is 0 Å². The molecule has 3 aromatic rings. The fourth-order valence-corrected chi connectivity index (χ4v) is 4.93. The third kappa shape index (κ3) is 6.36. The summed E-state index contributed by atoms with van der Waals surface area (Å²) in [4.78, 5) is 23.5. The van der Waals surface area contributed by atoms with Crippen LogP contribution in [-0.2, 0) is 35.1 Å². The molecule has 1 fully saturated rings. The molecule has 1 amide bonds. The van der Waals surface area contributed by atoms with Gasteiger partial charge in [-0.15, -0.1) is 0 Å². The van der Waals surface area contributed by atoms with Crippen LogP contribution in [0.15, 0.2) is 42.9 Å². The van der Waals surface area contributed by atoms with Crippen molar-refractivity contribution in [2.45, 2.75) is 77.9 Å².